The average Bonchev–Trinajstić information content (AvgIpc) is 2.67. The Morgan fingerprint density at radius 1 is 0.900 bits per heavy atom. The molecule has 0 N–H and O–H groups in total. The Hall–Kier alpha value is -2.56. The number of hydrogen-bond donors (Lipinski definition) is 0. The summed E-state index contributed by atoms with van der Waals surface area (Å²) >= 11 is 0. The molecule has 3 rings (SSSR count). The van der Waals surface area contributed by atoms with Crippen LogP contribution in [0.4, 0.5) is 8.78 Å². The van der Waals surface area contributed by atoms with E-state index in [4.69, 9.17) is 0 Å². The number of amides is 2. The third-order valence-electron chi connectivity index (χ3n) is 3.22. The SMILES string of the molecule is O=C1c2ccccc2C(=O)[15N]1Cc1ccc(F)cc1F. The third kappa shape index (κ3) is 1.87. The number of rotatable bonds is 2. The molecule has 0 bridgehead atoms. The van der Waals surface area contributed by atoms with E-state index in [1.165, 1.54) is 6.07 Å². The molecule has 3 nitrogen and oxygen atoms in total. The van der Waals surface area contributed by atoms with E-state index in [0.29, 0.717) is 11.1 Å². The molecular weight excluding hydrogens is 265 g/mol. The van der Waals surface area contributed by atoms with Gasteiger partial charge in [-0.1, -0.05) is 18.2 Å². The second-order valence-corrected chi connectivity index (χ2v) is 4.48. The van der Waals surface area contributed by atoms with Crippen molar-refractivity contribution in [2.45, 2.75) is 6.54 Å². The first kappa shape index (κ1) is 12.5. The molecule has 5 heteroatoms. The highest BCUT2D eigenvalue weighted by Crippen LogP contribution is 2.24. The first-order valence-electron chi connectivity index (χ1n) is 5.97. The normalized spacial score (nSPS) is 13.8. The average molecular weight is 274 g/mol. The summed E-state index contributed by atoms with van der Waals surface area (Å²) in [6.45, 7) is -0.210. The van der Waals surface area contributed by atoms with Gasteiger partial charge in [-0.2, -0.15) is 0 Å². The quantitative estimate of drug-likeness (QED) is 0.623. The summed E-state index contributed by atoms with van der Waals surface area (Å²) < 4.78 is 26.4. The fourth-order valence-electron chi connectivity index (χ4n) is 2.20. The van der Waals surface area contributed by atoms with Crippen LogP contribution in [0, 0.1) is 11.6 Å². The van der Waals surface area contributed by atoms with E-state index in [1.54, 1.807) is 24.3 Å². The summed E-state index contributed by atoms with van der Waals surface area (Å²) in [5.41, 5.74) is 0.709. The van der Waals surface area contributed by atoms with Crippen LogP contribution in [0.2, 0.25) is 0 Å². The topological polar surface area (TPSA) is 37.4 Å². The molecule has 2 aromatic carbocycles. The van der Waals surface area contributed by atoms with Crippen LogP contribution in [0.3, 0.4) is 0 Å². The zero-order chi connectivity index (χ0) is 14.3. The van der Waals surface area contributed by atoms with Crippen molar-refractivity contribution in [2.24, 2.45) is 0 Å². The lowest BCUT2D eigenvalue weighted by atomic mass is 10.1. The molecule has 2 aromatic rings. The maximum Gasteiger partial charge on any atom is 0.261 e. The summed E-state index contributed by atoms with van der Waals surface area (Å²) in [4.78, 5) is 25.2. The Morgan fingerprint density at radius 2 is 1.50 bits per heavy atom. The van der Waals surface area contributed by atoms with Crippen molar-refractivity contribution in [1.29, 1.82) is 0 Å². The van der Waals surface area contributed by atoms with Gasteiger partial charge in [0, 0.05) is 11.6 Å². The van der Waals surface area contributed by atoms with Crippen LogP contribution >= 0.6 is 0 Å². The van der Waals surface area contributed by atoms with Gasteiger partial charge in [0.15, 0.2) is 0 Å². The van der Waals surface area contributed by atoms with Gasteiger partial charge in [0.05, 0.1) is 17.7 Å². The van der Waals surface area contributed by atoms with Crippen LogP contribution in [0.1, 0.15) is 26.3 Å². The molecule has 0 unspecified atom stereocenters. The molecule has 0 spiro atoms. The zero-order valence-corrected chi connectivity index (χ0v) is 10.3. The molecule has 0 radical (unpaired) electrons. The Bertz CT molecular complexity index is 693. The Kier molecular flexibility index (Phi) is 2.82. The molecule has 0 fully saturated rings. The van der Waals surface area contributed by atoms with Crippen molar-refractivity contribution in [2.75, 3.05) is 0 Å². The molecule has 0 saturated carbocycles. The first-order valence-corrected chi connectivity index (χ1v) is 5.97. The molecule has 0 aliphatic carbocycles. The zero-order valence-electron chi connectivity index (χ0n) is 10.3. The van der Waals surface area contributed by atoms with Crippen molar-refractivity contribution >= 4 is 11.8 Å². The number of halogens is 2. The molecule has 1 heterocycles. The van der Waals surface area contributed by atoms with Crippen molar-refractivity contribution in [3.8, 4) is 0 Å². The predicted molar refractivity (Wildman–Crippen MR) is 67.0 cm³/mol. The fraction of sp³-hybridized carbons (Fsp3) is 0.0667. The Morgan fingerprint density at radius 3 is 2.05 bits per heavy atom. The number of carbonyl (C=O) groups is 2. The van der Waals surface area contributed by atoms with Gasteiger partial charge in [-0.3, -0.25) is 14.5 Å². The van der Waals surface area contributed by atoms with Gasteiger partial charge in [-0.25, -0.2) is 8.78 Å². The van der Waals surface area contributed by atoms with E-state index in [2.05, 4.69) is 0 Å². The Balaban J connectivity index is 1.94. The summed E-state index contributed by atoms with van der Waals surface area (Å²) in [6.07, 6.45) is 0. The number of carbonyl (C=O) groups excluding carboxylic acids is 2. The monoisotopic (exact) mass is 274 g/mol. The largest absolute Gasteiger partial charge is 0.270 e. The van der Waals surface area contributed by atoms with Crippen LogP contribution in [0.25, 0.3) is 0 Å². The van der Waals surface area contributed by atoms with Gasteiger partial charge in [0.25, 0.3) is 11.8 Å². The standard InChI is InChI=1S/C15H9F2NO2/c16-10-6-5-9(13(17)7-10)8-18-14(19)11-3-1-2-4-12(11)15(18)20/h1-7H,8H2/i18+1. The highest BCUT2D eigenvalue weighted by Gasteiger charge is 2.35. The molecule has 0 atom stereocenters. The van der Waals surface area contributed by atoms with Crippen molar-refractivity contribution in [3.05, 3.63) is 70.8 Å². The third-order valence-corrected chi connectivity index (χ3v) is 3.22. The highest BCUT2D eigenvalue weighted by molar-refractivity contribution is 6.21. The summed E-state index contributed by atoms with van der Waals surface area (Å²) in [5.74, 6) is -2.40. The van der Waals surface area contributed by atoms with E-state index in [9.17, 15) is 18.4 Å². The molecule has 100 valence electrons. The van der Waals surface area contributed by atoms with Gasteiger partial charge >= 0.3 is 0 Å². The second kappa shape index (κ2) is 4.52. The Labute approximate surface area is 113 Å². The van der Waals surface area contributed by atoms with Crippen molar-refractivity contribution in [3.63, 3.8) is 0 Å². The molecule has 0 aromatic heterocycles. The van der Waals surface area contributed by atoms with Crippen LogP contribution in [0.15, 0.2) is 42.5 Å². The summed E-state index contributed by atoms with van der Waals surface area (Å²) in [6, 6.07) is 9.48. The van der Waals surface area contributed by atoms with Gasteiger partial charge in [-0.05, 0) is 18.2 Å². The minimum Gasteiger partial charge on any atom is -0.270 e. The second-order valence-electron chi connectivity index (χ2n) is 4.48. The predicted octanol–water partition coefficient (Wildman–Crippen LogP) is 2.76. The van der Waals surface area contributed by atoms with E-state index >= 15 is 0 Å². The molecule has 1 aliphatic rings. The number of benzene rings is 2. The van der Waals surface area contributed by atoms with Gasteiger partial charge in [-0.15, -0.1) is 0 Å². The van der Waals surface area contributed by atoms with Gasteiger partial charge < -0.3 is 0 Å². The van der Waals surface area contributed by atoms with E-state index in [1.807, 2.05) is 0 Å². The minimum absolute atomic E-state index is 0.0981. The van der Waals surface area contributed by atoms with E-state index in [0.717, 1.165) is 17.0 Å². The van der Waals surface area contributed by atoms with Gasteiger partial charge in [0.1, 0.15) is 11.6 Å². The lowest BCUT2D eigenvalue weighted by Crippen LogP contribution is -2.29. The highest BCUT2D eigenvalue weighted by atomic mass is 19.1. The molecule has 2 amide bonds. The fourth-order valence-corrected chi connectivity index (χ4v) is 2.20. The smallest absolute Gasteiger partial charge is 0.261 e. The van der Waals surface area contributed by atoms with Crippen molar-refractivity contribution < 1.29 is 18.4 Å². The lowest BCUT2D eigenvalue weighted by molar-refractivity contribution is 0.0641. The van der Waals surface area contributed by atoms with E-state index in [-0.39, 0.29) is 12.1 Å². The molecule has 1 aliphatic heterocycles. The van der Waals surface area contributed by atoms with Gasteiger partial charge in [0.2, 0.25) is 0 Å². The molecular formula is C15H9F2NO2. The first-order chi connectivity index (χ1) is 9.58. The van der Waals surface area contributed by atoms with Crippen LogP contribution in [0.5, 0.6) is 0 Å². The lowest BCUT2D eigenvalue weighted by Gasteiger charge is -2.14. The minimum atomic E-state index is -0.776. The van der Waals surface area contributed by atoms with Crippen LogP contribution < -0.4 is 0 Å². The molecule has 0 saturated heterocycles. The number of imide groups is 1. The maximum atomic E-state index is 13.6. The number of nitrogens with zero attached hydrogens (tertiary/aromatic N) is 1. The summed E-state index contributed by atoms with van der Waals surface area (Å²) in [5, 5.41) is 0. The number of fused-ring (bicyclic) bond motifs is 1. The maximum absolute atomic E-state index is 13.6. The van der Waals surface area contributed by atoms with Crippen molar-refractivity contribution in [1.82, 2.24) is 4.90 Å². The molecule has 20 heavy (non-hydrogen) atoms. The van der Waals surface area contributed by atoms with E-state index < -0.39 is 23.4 Å². The summed E-state index contributed by atoms with van der Waals surface area (Å²) in [7, 11) is 0. The van der Waals surface area contributed by atoms with Crippen LogP contribution in [-0.2, 0) is 6.54 Å². The van der Waals surface area contributed by atoms with Crippen LogP contribution in [-0.4, -0.2) is 16.7 Å². The number of hydrogen-bond acceptors (Lipinski definition) is 2.